The Hall–Kier alpha value is 0.239. The summed E-state index contributed by atoms with van der Waals surface area (Å²) in [7, 11) is 0. The first-order valence-electron chi connectivity index (χ1n) is 2.33. The Kier molecular flexibility index (Phi) is 11.9. The van der Waals surface area contributed by atoms with Gasteiger partial charge in [-0.15, -0.1) is 23.3 Å². The van der Waals surface area contributed by atoms with E-state index in [0.29, 0.717) is 5.75 Å². The van der Waals surface area contributed by atoms with Crippen molar-refractivity contribution in [1.29, 1.82) is 0 Å². The number of phenolic OH excluding ortho intramolecular Hbond substituents is 1. The molecule has 0 fully saturated rings. The van der Waals surface area contributed by atoms with Crippen molar-refractivity contribution in [2.24, 2.45) is 0 Å². The maximum Gasteiger partial charge on any atom is 0.115 e. The topological polar surface area (TPSA) is 20.2 Å². The zero-order chi connectivity index (χ0) is 7.11. The fraction of sp³-hybridized carbons (Fsp3) is 0. The molecule has 1 aromatic carbocycles. The maximum atomic E-state index is 8.63. The van der Waals surface area contributed by atoms with Gasteiger partial charge in [0.25, 0.3) is 0 Å². The largest absolute Gasteiger partial charge is 0.508 e. The summed E-state index contributed by atoms with van der Waals surface area (Å²) in [5.41, 5.74) is 0. The summed E-state index contributed by atoms with van der Waals surface area (Å²) in [5.74, 6) is 0.322. The Bertz CT molecular complexity index is 146. The van der Waals surface area contributed by atoms with E-state index >= 15 is 0 Å². The second-order valence-corrected chi connectivity index (χ2v) is 1.34. The van der Waals surface area contributed by atoms with E-state index in [0.717, 1.165) is 0 Å². The van der Waals surface area contributed by atoms with E-state index in [9.17, 15) is 0 Å². The summed E-state index contributed by atoms with van der Waals surface area (Å²) in [6.45, 7) is 0. The van der Waals surface area contributed by atoms with Crippen LogP contribution in [-0.2, 0) is 17.1 Å². The van der Waals surface area contributed by atoms with Gasteiger partial charge in [0.1, 0.15) is 5.75 Å². The molecule has 0 amide bonds. The number of benzene rings is 1. The smallest absolute Gasteiger partial charge is 0.115 e. The molecule has 1 radical (unpaired) electrons. The molecule has 0 aliphatic heterocycles. The zero-order valence-electron chi connectivity index (χ0n) is 5.03. The number of phenols is 1. The first-order valence-corrected chi connectivity index (χ1v) is 3.93. The second kappa shape index (κ2) is 9.24. The molecule has 10 heavy (non-hydrogen) atoms. The van der Waals surface area contributed by atoms with Gasteiger partial charge in [-0.25, -0.2) is 0 Å². The fourth-order valence-corrected chi connectivity index (χ4v) is 0.428. The molecule has 0 atom stereocenters. The summed E-state index contributed by atoms with van der Waals surface area (Å²) in [6, 6.07) is 8.71. The minimum Gasteiger partial charge on any atom is -0.508 e. The van der Waals surface area contributed by atoms with Crippen LogP contribution in [0, 0.1) is 0 Å². The maximum absolute atomic E-state index is 8.63. The van der Waals surface area contributed by atoms with Crippen LogP contribution in [0.3, 0.4) is 0 Å². The van der Waals surface area contributed by atoms with Crippen LogP contribution < -0.4 is 0 Å². The molecule has 1 nitrogen and oxygen atoms in total. The van der Waals surface area contributed by atoms with E-state index in [4.69, 9.17) is 5.11 Å². The van der Waals surface area contributed by atoms with Crippen LogP contribution in [0.1, 0.15) is 0 Å². The van der Waals surface area contributed by atoms with Gasteiger partial charge in [0, 0.05) is 17.1 Å². The Morgan fingerprint density at radius 3 is 1.60 bits per heavy atom. The van der Waals surface area contributed by atoms with Gasteiger partial charge < -0.3 is 5.11 Å². The van der Waals surface area contributed by atoms with E-state index in [1.165, 1.54) is 0 Å². The van der Waals surface area contributed by atoms with Gasteiger partial charge in [0.05, 0.1) is 0 Å². The number of thiol groups is 2. The van der Waals surface area contributed by atoms with E-state index < -0.39 is 0 Å². The molecule has 0 aliphatic carbocycles. The monoisotopic (exact) mass is 223 g/mol. The van der Waals surface area contributed by atoms with Crippen molar-refractivity contribution < 1.29 is 22.2 Å². The molecular weight excluding hydrogens is 216 g/mol. The Morgan fingerprint density at radius 1 is 1.00 bits per heavy atom. The van der Waals surface area contributed by atoms with Crippen LogP contribution >= 0.6 is 23.3 Å². The third-order valence-electron chi connectivity index (χ3n) is 0.756. The van der Waals surface area contributed by atoms with Crippen LogP contribution in [-0.4, -0.2) is 5.11 Å². The van der Waals surface area contributed by atoms with Gasteiger partial charge in [0.2, 0.25) is 0 Å². The van der Waals surface area contributed by atoms with Gasteiger partial charge in [0.15, 0.2) is 0 Å². The van der Waals surface area contributed by atoms with Gasteiger partial charge in [-0.1, -0.05) is 18.2 Å². The van der Waals surface area contributed by atoms with E-state index in [1.54, 1.807) is 24.3 Å². The molecular formula is C6H8CuOS2. The standard InChI is InChI=1S/C6H6O.Cu.H2S2/c7-6-4-2-1-3-5-6;;1-2/h1-5,7H;;1-2H. The zero-order valence-corrected chi connectivity index (χ0v) is 7.76. The minimum atomic E-state index is 0. The molecule has 0 saturated carbocycles. The minimum absolute atomic E-state index is 0. The average molecular weight is 224 g/mol. The van der Waals surface area contributed by atoms with E-state index in [1.807, 2.05) is 6.07 Å². The third-order valence-corrected chi connectivity index (χ3v) is 0.756. The predicted molar refractivity (Wildman–Crippen MR) is 46.1 cm³/mol. The number of hydrogen-bond acceptors (Lipinski definition) is 3. The van der Waals surface area contributed by atoms with Crippen LogP contribution in [0.25, 0.3) is 0 Å². The SMILES string of the molecule is Oc1ccccc1.SS.[Cu]. The average Bonchev–Trinajstić information content (AvgIpc) is 1.94. The summed E-state index contributed by atoms with van der Waals surface area (Å²) < 4.78 is 0. The molecule has 1 aromatic rings. The summed E-state index contributed by atoms with van der Waals surface area (Å²) in [6.07, 6.45) is 0. The van der Waals surface area contributed by atoms with Gasteiger partial charge in [-0.2, -0.15) is 0 Å². The molecule has 1 N–H and O–H groups in total. The van der Waals surface area contributed by atoms with Crippen LogP contribution in [0.5, 0.6) is 5.75 Å². The van der Waals surface area contributed by atoms with Crippen LogP contribution in [0.15, 0.2) is 30.3 Å². The third kappa shape index (κ3) is 6.36. The van der Waals surface area contributed by atoms with Gasteiger partial charge in [-0.05, 0) is 12.1 Å². The molecule has 4 heteroatoms. The molecule has 1 rings (SSSR count). The molecule has 61 valence electrons. The number of aromatic hydroxyl groups is 1. The molecule has 0 bridgehead atoms. The van der Waals surface area contributed by atoms with Crippen molar-refractivity contribution in [3.63, 3.8) is 0 Å². The quantitative estimate of drug-likeness (QED) is 0.350. The summed E-state index contributed by atoms with van der Waals surface area (Å²) in [4.78, 5) is 0. The van der Waals surface area contributed by atoms with Crippen molar-refractivity contribution in [3.8, 4) is 5.75 Å². The number of rotatable bonds is 0. The van der Waals surface area contributed by atoms with Gasteiger partial charge in [-0.3, -0.25) is 0 Å². The van der Waals surface area contributed by atoms with E-state index in [2.05, 4.69) is 23.3 Å². The number of para-hydroxylation sites is 1. The molecule has 0 unspecified atom stereocenters. The molecule has 0 aliphatic rings. The molecule has 0 heterocycles. The van der Waals surface area contributed by atoms with Crippen LogP contribution in [0.2, 0.25) is 0 Å². The van der Waals surface area contributed by atoms with Gasteiger partial charge >= 0.3 is 0 Å². The Labute approximate surface area is 81.5 Å². The van der Waals surface area contributed by atoms with Crippen LogP contribution in [0.4, 0.5) is 0 Å². The Morgan fingerprint density at radius 2 is 1.40 bits per heavy atom. The summed E-state index contributed by atoms with van der Waals surface area (Å²) in [5, 5.41) is 8.63. The Balaban J connectivity index is 0. The fourth-order valence-electron chi connectivity index (χ4n) is 0.428. The second-order valence-electron chi connectivity index (χ2n) is 1.34. The predicted octanol–water partition coefficient (Wildman–Crippen LogP) is 2.15. The first kappa shape index (κ1) is 12.9. The van der Waals surface area contributed by atoms with Crippen molar-refractivity contribution in [3.05, 3.63) is 30.3 Å². The molecule has 0 saturated heterocycles. The molecule has 0 spiro atoms. The summed E-state index contributed by atoms with van der Waals surface area (Å²) >= 11 is 6.44. The van der Waals surface area contributed by atoms with Crippen molar-refractivity contribution in [2.75, 3.05) is 0 Å². The van der Waals surface area contributed by atoms with E-state index in [-0.39, 0.29) is 17.1 Å². The first-order chi connectivity index (χ1) is 4.39. The van der Waals surface area contributed by atoms with Crippen molar-refractivity contribution in [2.45, 2.75) is 0 Å². The van der Waals surface area contributed by atoms with Crippen molar-refractivity contribution in [1.82, 2.24) is 0 Å². The molecule has 0 aromatic heterocycles. The van der Waals surface area contributed by atoms with Crippen molar-refractivity contribution >= 4 is 23.3 Å². The number of hydrogen-bond donors (Lipinski definition) is 3. The normalized spacial score (nSPS) is 6.60.